The van der Waals surface area contributed by atoms with Gasteiger partial charge in [0.2, 0.25) is 0 Å². The molecule has 4 nitrogen and oxygen atoms in total. The fourth-order valence-electron chi connectivity index (χ4n) is 2.23. The van der Waals surface area contributed by atoms with E-state index < -0.39 is 0 Å². The van der Waals surface area contributed by atoms with Crippen molar-refractivity contribution in [2.24, 2.45) is 0 Å². The number of carbonyl (C=O) groups excluding carboxylic acids is 1. The Hall–Kier alpha value is -2.66. The lowest BCUT2D eigenvalue weighted by Crippen LogP contribution is -2.12. The van der Waals surface area contributed by atoms with Crippen LogP contribution in [0.1, 0.15) is 15.9 Å². The zero-order chi connectivity index (χ0) is 16.9. The minimum atomic E-state index is -0.163. The first-order valence-corrected chi connectivity index (χ1v) is 8.16. The maximum Gasteiger partial charge on any atom is 0.255 e. The molecule has 5 heteroatoms. The predicted octanol–water partition coefficient (Wildman–Crippen LogP) is 5.20. The summed E-state index contributed by atoms with van der Waals surface area (Å²) < 4.78 is 6.57. The van der Waals surface area contributed by atoms with E-state index in [1.165, 1.54) is 0 Å². The van der Waals surface area contributed by atoms with E-state index in [2.05, 4.69) is 26.2 Å². The maximum atomic E-state index is 12.4. The molecular formula is C19H15BrN2O2. The Labute approximate surface area is 148 Å². The largest absolute Gasteiger partial charge is 0.456 e. The lowest BCUT2D eigenvalue weighted by Gasteiger charge is -2.10. The number of hydrogen-bond acceptors (Lipinski definition) is 3. The Balaban J connectivity index is 1.80. The third-order valence-electron chi connectivity index (χ3n) is 3.28. The van der Waals surface area contributed by atoms with Crippen LogP contribution >= 0.6 is 15.9 Å². The third-order valence-corrected chi connectivity index (χ3v) is 3.74. The smallest absolute Gasteiger partial charge is 0.255 e. The molecular weight excluding hydrogens is 368 g/mol. The average Bonchev–Trinajstić information content (AvgIpc) is 2.55. The third kappa shape index (κ3) is 4.20. The fourth-order valence-corrected chi connectivity index (χ4v) is 2.70. The van der Waals surface area contributed by atoms with Crippen molar-refractivity contribution in [3.05, 3.63) is 82.6 Å². The van der Waals surface area contributed by atoms with Gasteiger partial charge in [0.15, 0.2) is 0 Å². The summed E-state index contributed by atoms with van der Waals surface area (Å²) in [4.78, 5) is 16.4. The second-order valence-corrected chi connectivity index (χ2v) is 6.21. The van der Waals surface area contributed by atoms with Crippen LogP contribution in [0.25, 0.3) is 0 Å². The first-order valence-electron chi connectivity index (χ1n) is 7.37. The Morgan fingerprint density at radius 2 is 1.96 bits per heavy atom. The van der Waals surface area contributed by atoms with E-state index in [1.54, 1.807) is 30.6 Å². The van der Waals surface area contributed by atoms with Crippen molar-refractivity contribution < 1.29 is 9.53 Å². The average molecular weight is 383 g/mol. The molecule has 120 valence electrons. The van der Waals surface area contributed by atoms with Crippen LogP contribution in [0, 0.1) is 6.92 Å². The van der Waals surface area contributed by atoms with Crippen molar-refractivity contribution in [3.63, 3.8) is 0 Å². The van der Waals surface area contributed by atoms with Crippen LogP contribution in [0.4, 0.5) is 5.69 Å². The minimum absolute atomic E-state index is 0.163. The van der Waals surface area contributed by atoms with Crippen molar-refractivity contribution in [1.82, 2.24) is 4.98 Å². The quantitative estimate of drug-likeness (QED) is 0.674. The van der Waals surface area contributed by atoms with Gasteiger partial charge in [0.25, 0.3) is 5.91 Å². The summed E-state index contributed by atoms with van der Waals surface area (Å²) in [6, 6.07) is 16.5. The summed E-state index contributed by atoms with van der Waals surface area (Å²) in [5.41, 5.74) is 2.30. The molecule has 0 bridgehead atoms. The normalized spacial score (nSPS) is 10.2. The summed E-state index contributed by atoms with van der Waals surface area (Å²) in [6.07, 6.45) is 3.31. The van der Waals surface area contributed by atoms with Gasteiger partial charge in [-0.3, -0.25) is 9.78 Å². The van der Waals surface area contributed by atoms with Crippen molar-refractivity contribution in [2.45, 2.75) is 6.92 Å². The summed E-state index contributed by atoms with van der Waals surface area (Å²) in [5.74, 6) is 1.08. The van der Waals surface area contributed by atoms with Gasteiger partial charge in [-0.05, 0) is 43.3 Å². The molecule has 2 aromatic carbocycles. The highest BCUT2D eigenvalue weighted by Gasteiger charge is 2.08. The Kier molecular flexibility index (Phi) is 4.91. The molecule has 0 saturated carbocycles. The number of carbonyl (C=O) groups is 1. The molecule has 0 unspecified atom stereocenters. The van der Waals surface area contributed by atoms with Gasteiger partial charge < -0.3 is 10.1 Å². The van der Waals surface area contributed by atoms with Crippen LogP contribution in [-0.2, 0) is 0 Å². The molecule has 1 heterocycles. The molecule has 1 amide bonds. The van der Waals surface area contributed by atoms with Gasteiger partial charge in [0.05, 0.1) is 6.20 Å². The standard InChI is InChI=1S/C19H15BrN2O2/c1-13-4-2-5-14(8-13)19(23)22-16-9-15(20)10-18(11-16)24-17-6-3-7-21-12-17/h2-12H,1H3,(H,22,23). The van der Waals surface area contributed by atoms with Gasteiger partial charge in [-0.2, -0.15) is 0 Å². The van der Waals surface area contributed by atoms with Crippen molar-refractivity contribution >= 4 is 27.5 Å². The van der Waals surface area contributed by atoms with Crippen LogP contribution in [0.15, 0.2) is 71.5 Å². The Morgan fingerprint density at radius 3 is 2.71 bits per heavy atom. The number of nitrogens with one attached hydrogen (secondary N) is 1. The number of hydrogen-bond donors (Lipinski definition) is 1. The monoisotopic (exact) mass is 382 g/mol. The van der Waals surface area contributed by atoms with Gasteiger partial charge in [0.1, 0.15) is 11.5 Å². The number of aryl methyl sites for hydroxylation is 1. The lowest BCUT2D eigenvalue weighted by atomic mass is 10.1. The van der Waals surface area contributed by atoms with E-state index in [0.29, 0.717) is 22.7 Å². The van der Waals surface area contributed by atoms with Crippen LogP contribution in [-0.4, -0.2) is 10.9 Å². The summed E-state index contributed by atoms with van der Waals surface area (Å²) in [6.45, 7) is 1.95. The van der Waals surface area contributed by atoms with E-state index in [0.717, 1.165) is 10.0 Å². The van der Waals surface area contributed by atoms with E-state index in [-0.39, 0.29) is 5.91 Å². The van der Waals surface area contributed by atoms with Crippen LogP contribution in [0.2, 0.25) is 0 Å². The molecule has 1 N–H and O–H groups in total. The first kappa shape index (κ1) is 16.2. The molecule has 3 rings (SSSR count). The summed E-state index contributed by atoms with van der Waals surface area (Å²) >= 11 is 3.44. The fraction of sp³-hybridized carbons (Fsp3) is 0.0526. The summed E-state index contributed by atoms with van der Waals surface area (Å²) in [7, 11) is 0. The zero-order valence-electron chi connectivity index (χ0n) is 13.0. The minimum Gasteiger partial charge on any atom is -0.456 e. The van der Waals surface area contributed by atoms with Crippen molar-refractivity contribution in [2.75, 3.05) is 5.32 Å². The molecule has 1 aromatic heterocycles. The molecule has 0 atom stereocenters. The van der Waals surface area contributed by atoms with Crippen molar-refractivity contribution in [3.8, 4) is 11.5 Å². The van der Waals surface area contributed by atoms with Crippen molar-refractivity contribution in [1.29, 1.82) is 0 Å². The highest BCUT2D eigenvalue weighted by molar-refractivity contribution is 9.10. The SMILES string of the molecule is Cc1cccc(C(=O)Nc2cc(Br)cc(Oc3cccnc3)c2)c1. The second kappa shape index (κ2) is 7.27. The maximum absolute atomic E-state index is 12.4. The molecule has 0 aliphatic rings. The first-order chi connectivity index (χ1) is 11.6. The van der Waals surface area contributed by atoms with E-state index in [4.69, 9.17) is 4.74 Å². The van der Waals surface area contributed by atoms with Gasteiger partial charge >= 0.3 is 0 Å². The summed E-state index contributed by atoms with van der Waals surface area (Å²) in [5, 5.41) is 2.89. The molecule has 24 heavy (non-hydrogen) atoms. The van der Waals surface area contributed by atoms with Gasteiger partial charge in [-0.25, -0.2) is 0 Å². The topological polar surface area (TPSA) is 51.2 Å². The van der Waals surface area contributed by atoms with Gasteiger partial charge in [0, 0.05) is 28.0 Å². The number of halogens is 1. The molecule has 0 fully saturated rings. The number of benzene rings is 2. The molecule has 0 saturated heterocycles. The van der Waals surface area contributed by atoms with Crippen LogP contribution in [0.5, 0.6) is 11.5 Å². The molecule has 0 aliphatic carbocycles. The number of nitrogens with zero attached hydrogens (tertiary/aromatic N) is 1. The predicted molar refractivity (Wildman–Crippen MR) is 97.6 cm³/mol. The second-order valence-electron chi connectivity index (χ2n) is 5.29. The number of ether oxygens (including phenoxy) is 1. The highest BCUT2D eigenvalue weighted by Crippen LogP contribution is 2.28. The number of rotatable bonds is 4. The van der Waals surface area contributed by atoms with E-state index >= 15 is 0 Å². The van der Waals surface area contributed by atoms with Crippen LogP contribution < -0.4 is 10.1 Å². The highest BCUT2D eigenvalue weighted by atomic mass is 79.9. The Morgan fingerprint density at radius 1 is 1.08 bits per heavy atom. The van der Waals surface area contributed by atoms with Crippen LogP contribution in [0.3, 0.4) is 0 Å². The number of amides is 1. The molecule has 3 aromatic rings. The van der Waals surface area contributed by atoms with Gasteiger partial charge in [-0.15, -0.1) is 0 Å². The lowest BCUT2D eigenvalue weighted by molar-refractivity contribution is 0.102. The number of aromatic nitrogens is 1. The number of anilines is 1. The number of pyridine rings is 1. The Bertz CT molecular complexity index is 866. The zero-order valence-corrected chi connectivity index (χ0v) is 14.6. The molecule has 0 radical (unpaired) electrons. The molecule has 0 aliphatic heterocycles. The van der Waals surface area contributed by atoms with Gasteiger partial charge in [-0.1, -0.05) is 33.6 Å². The van der Waals surface area contributed by atoms with E-state index in [9.17, 15) is 4.79 Å². The van der Waals surface area contributed by atoms with E-state index in [1.807, 2.05) is 43.3 Å². The molecule has 0 spiro atoms.